The Hall–Kier alpha value is -2.25. The fourth-order valence-corrected chi connectivity index (χ4v) is 4.48. The van der Waals surface area contributed by atoms with E-state index in [-0.39, 0.29) is 5.91 Å². The van der Waals surface area contributed by atoms with Crippen molar-refractivity contribution in [2.24, 2.45) is 5.92 Å². The zero-order valence-corrected chi connectivity index (χ0v) is 15.9. The highest BCUT2D eigenvalue weighted by molar-refractivity contribution is 7.13. The monoisotopic (exact) mass is 369 g/mol. The lowest BCUT2D eigenvalue weighted by Gasteiger charge is -2.18. The van der Waals surface area contributed by atoms with E-state index in [1.165, 1.54) is 0 Å². The Morgan fingerprint density at radius 2 is 2.23 bits per heavy atom. The number of para-hydroxylation sites is 2. The second-order valence-corrected chi connectivity index (χ2v) is 7.68. The minimum atomic E-state index is 0.162. The van der Waals surface area contributed by atoms with Crippen molar-refractivity contribution >= 4 is 28.3 Å². The number of aryl methyl sites for hydroxylation is 1. The van der Waals surface area contributed by atoms with E-state index in [9.17, 15) is 4.79 Å². The molecule has 0 aliphatic carbocycles. The number of nitrogens with zero attached hydrogens (tertiary/aromatic N) is 4. The highest BCUT2D eigenvalue weighted by Gasteiger charge is 2.27. The molecule has 4 rings (SSSR count). The molecule has 26 heavy (non-hydrogen) atoms. The van der Waals surface area contributed by atoms with Gasteiger partial charge < -0.3 is 14.8 Å². The van der Waals surface area contributed by atoms with Gasteiger partial charge in [0.25, 0.3) is 0 Å². The van der Waals surface area contributed by atoms with Gasteiger partial charge in [0.2, 0.25) is 5.91 Å². The van der Waals surface area contributed by atoms with Gasteiger partial charge in [0, 0.05) is 13.1 Å². The summed E-state index contributed by atoms with van der Waals surface area (Å²) in [7, 11) is 1.96. The third kappa shape index (κ3) is 3.12. The van der Waals surface area contributed by atoms with Crippen molar-refractivity contribution in [3.8, 4) is 10.7 Å². The number of hydrogen-bond acceptors (Lipinski definition) is 5. The molecule has 1 fully saturated rings. The summed E-state index contributed by atoms with van der Waals surface area (Å²) >= 11 is 1.57. The van der Waals surface area contributed by atoms with Crippen LogP contribution < -0.4 is 5.32 Å². The maximum absolute atomic E-state index is 13.0. The molecule has 7 heteroatoms. The number of nitrogens with one attached hydrogen (secondary N) is 1. The first-order valence-electron chi connectivity index (χ1n) is 8.95. The van der Waals surface area contributed by atoms with Gasteiger partial charge in [-0.15, -0.1) is 11.3 Å². The van der Waals surface area contributed by atoms with Crippen LogP contribution in [-0.4, -0.2) is 52.0 Å². The van der Waals surface area contributed by atoms with Crippen LogP contribution in [-0.2, 0) is 11.3 Å². The quantitative estimate of drug-likeness (QED) is 0.751. The fraction of sp³-hybridized carbons (Fsp3) is 0.421. The molecular formula is C19H23N5OS. The van der Waals surface area contributed by atoms with Gasteiger partial charge in [-0.1, -0.05) is 12.1 Å². The van der Waals surface area contributed by atoms with Gasteiger partial charge in [0.05, 0.1) is 27.1 Å². The van der Waals surface area contributed by atoms with Crippen LogP contribution in [0, 0.1) is 12.8 Å². The van der Waals surface area contributed by atoms with E-state index in [0.29, 0.717) is 12.5 Å². The van der Waals surface area contributed by atoms with Gasteiger partial charge in [-0.2, -0.15) is 0 Å². The Labute approximate surface area is 156 Å². The number of likely N-dealkylation sites (tertiary alicyclic amines) is 1. The first-order chi connectivity index (χ1) is 12.7. The number of imidazole rings is 1. The predicted octanol–water partition coefficient (Wildman–Crippen LogP) is 2.54. The van der Waals surface area contributed by atoms with Crippen molar-refractivity contribution in [2.75, 3.05) is 26.7 Å². The summed E-state index contributed by atoms with van der Waals surface area (Å²) in [5.74, 6) is 1.55. The number of aromatic nitrogens is 3. The highest BCUT2D eigenvalue weighted by Crippen LogP contribution is 2.30. The van der Waals surface area contributed by atoms with E-state index in [1.807, 2.05) is 53.2 Å². The maximum Gasteiger partial charge on any atom is 0.242 e. The number of carbonyl (C=O) groups excluding carboxylic acids is 1. The van der Waals surface area contributed by atoms with Crippen LogP contribution in [0.2, 0.25) is 0 Å². The number of carbonyl (C=O) groups is 1. The Morgan fingerprint density at radius 3 is 3.00 bits per heavy atom. The van der Waals surface area contributed by atoms with E-state index in [0.717, 1.165) is 53.5 Å². The van der Waals surface area contributed by atoms with Crippen LogP contribution in [0.3, 0.4) is 0 Å². The topological polar surface area (TPSA) is 63.1 Å². The molecule has 1 amide bonds. The molecule has 0 spiro atoms. The number of thiazole rings is 1. The molecule has 1 aromatic carbocycles. The number of benzene rings is 1. The van der Waals surface area contributed by atoms with E-state index in [2.05, 4.69) is 10.3 Å². The van der Waals surface area contributed by atoms with Crippen LogP contribution in [0.1, 0.15) is 12.1 Å². The minimum Gasteiger partial charge on any atom is -0.341 e. The summed E-state index contributed by atoms with van der Waals surface area (Å²) in [5, 5.41) is 3.21. The average Bonchev–Trinajstić information content (AvgIpc) is 3.34. The Bertz CT molecular complexity index is 931. The van der Waals surface area contributed by atoms with Crippen LogP contribution in [0.25, 0.3) is 21.7 Å². The van der Waals surface area contributed by atoms with E-state index >= 15 is 0 Å². The van der Waals surface area contributed by atoms with E-state index in [4.69, 9.17) is 4.98 Å². The van der Waals surface area contributed by atoms with Gasteiger partial charge in [0.1, 0.15) is 6.54 Å². The SMILES string of the molecule is CNC[C@@H]1CCN(C(=O)Cn2c(-c3scnc3C)nc3ccccc32)C1. The fourth-order valence-electron chi connectivity index (χ4n) is 3.68. The molecule has 0 unspecified atom stereocenters. The van der Waals surface area contributed by atoms with Crippen LogP contribution in [0.5, 0.6) is 0 Å². The first-order valence-corrected chi connectivity index (χ1v) is 9.83. The number of amides is 1. The average molecular weight is 369 g/mol. The summed E-state index contributed by atoms with van der Waals surface area (Å²) in [6.45, 7) is 4.94. The third-order valence-corrected chi connectivity index (χ3v) is 5.95. The lowest BCUT2D eigenvalue weighted by Crippen LogP contribution is -2.33. The largest absolute Gasteiger partial charge is 0.341 e. The van der Waals surface area contributed by atoms with Gasteiger partial charge in [-0.05, 0) is 45.0 Å². The molecule has 1 saturated heterocycles. The molecule has 3 aromatic rings. The lowest BCUT2D eigenvalue weighted by molar-refractivity contribution is -0.130. The van der Waals surface area contributed by atoms with Crippen LogP contribution in [0.4, 0.5) is 0 Å². The minimum absolute atomic E-state index is 0.162. The molecule has 136 valence electrons. The number of hydrogen-bond donors (Lipinski definition) is 1. The molecule has 0 radical (unpaired) electrons. The molecule has 2 aromatic heterocycles. The van der Waals surface area contributed by atoms with Crippen LogP contribution >= 0.6 is 11.3 Å². The summed E-state index contributed by atoms with van der Waals surface area (Å²) in [6.07, 6.45) is 1.07. The van der Waals surface area contributed by atoms with Crippen molar-refractivity contribution in [3.05, 3.63) is 35.5 Å². The summed E-state index contributed by atoms with van der Waals surface area (Å²) in [6, 6.07) is 8.00. The van der Waals surface area contributed by atoms with Gasteiger partial charge >= 0.3 is 0 Å². The van der Waals surface area contributed by atoms with Gasteiger partial charge in [0.15, 0.2) is 5.82 Å². The molecule has 6 nitrogen and oxygen atoms in total. The lowest BCUT2D eigenvalue weighted by atomic mass is 10.1. The standard InChI is InChI=1S/C19H23N5OS/c1-13-18(26-12-21-13)19-22-15-5-3-4-6-16(15)24(19)11-17(25)23-8-7-14(10-23)9-20-2/h3-6,12,14,20H,7-11H2,1-2H3/t14-/m0/s1. The maximum atomic E-state index is 13.0. The van der Waals surface area contributed by atoms with Gasteiger partial charge in [-0.25, -0.2) is 9.97 Å². The Kier molecular flexibility index (Phi) is 4.74. The molecule has 1 aliphatic heterocycles. The summed E-state index contributed by atoms with van der Waals surface area (Å²) in [5.41, 5.74) is 4.69. The van der Waals surface area contributed by atoms with Crippen LogP contribution in [0.15, 0.2) is 29.8 Å². The van der Waals surface area contributed by atoms with Crippen molar-refractivity contribution < 1.29 is 4.79 Å². The van der Waals surface area contributed by atoms with E-state index < -0.39 is 0 Å². The number of fused-ring (bicyclic) bond motifs is 1. The zero-order valence-electron chi connectivity index (χ0n) is 15.1. The Balaban J connectivity index is 1.65. The normalized spacial score (nSPS) is 17.3. The smallest absolute Gasteiger partial charge is 0.242 e. The van der Waals surface area contributed by atoms with Crippen molar-refractivity contribution in [1.82, 2.24) is 24.8 Å². The second-order valence-electron chi connectivity index (χ2n) is 6.83. The molecule has 0 bridgehead atoms. The predicted molar refractivity (Wildman–Crippen MR) is 104 cm³/mol. The molecule has 0 saturated carbocycles. The van der Waals surface area contributed by atoms with Crippen molar-refractivity contribution in [2.45, 2.75) is 19.9 Å². The number of rotatable bonds is 5. The van der Waals surface area contributed by atoms with Crippen molar-refractivity contribution in [1.29, 1.82) is 0 Å². The highest BCUT2D eigenvalue weighted by atomic mass is 32.1. The third-order valence-electron chi connectivity index (χ3n) is 5.03. The molecular weight excluding hydrogens is 346 g/mol. The molecule has 1 N–H and O–H groups in total. The first kappa shape index (κ1) is 17.2. The summed E-state index contributed by atoms with van der Waals surface area (Å²) < 4.78 is 2.05. The molecule has 3 heterocycles. The van der Waals surface area contributed by atoms with Crippen molar-refractivity contribution in [3.63, 3.8) is 0 Å². The van der Waals surface area contributed by atoms with Gasteiger partial charge in [-0.3, -0.25) is 4.79 Å². The zero-order chi connectivity index (χ0) is 18.1. The Morgan fingerprint density at radius 1 is 1.38 bits per heavy atom. The summed E-state index contributed by atoms with van der Waals surface area (Å²) in [4.78, 5) is 25.1. The second kappa shape index (κ2) is 7.17. The molecule has 1 aliphatic rings. The van der Waals surface area contributed by atoms with E-state index in [1.54, 1.807) is 11.3 Å². The molecule has 1 atom stereocenters.